The van der Waals surface area contributed by atoms with E-state index in [-0.39, 0.29) is 5.91 Å². The maximum absolute atomic E-state index is 12.7. The van der Waals surface area contributed by atoms with Gasteiger partial charge in [0.2, 0.25) is 0 Å². The first-order valence-electron chi connectivity index (χ1n) is 11.6. The van der Waals surface area contributed by atoms with Gasteiger partial charge in [-0.05, 0) is 48.2 Å². The number of methoxy groups -OCH3 is 1. The van der Waals surface area contributed by atoms with E-state index in [0.29, 0.717) is 41.5 Å². The lowest BCUT2D eigenvalue weighted by molar-refractivity contribution is 0.0946. The minimum atomic E-state index is -0.543. The van der Waals surface area contributed by atoms with Crippen LogP contribution in [0, 0.1) is 6.92 Å². The van der Waals surface area contributed by atoms with E-state index in [0.717, 1.165) is 34.4 Å². The minimum Gasteiger partial charge on any atom is -0.494 e. The van der Waals surface area contributed by atoms with Crippen LogP contribution in [0.5, 0.6) is 5.75 Å². The molecule has 3 heterocycles. The molecule has 1 aliphatic heterocycles. The van der Waals surface area contributed by atoms with E-state index < -0.39 is 5.91 Å². The van der Waals surface area contributed by atoms with Crippen molar-refractivity contribution in [3.05, 3.63) is 88.7 Å². The van der Waals surface area contributed by atoms with Crippen LogP contribution in [-0.2, 0) is 19.5 Å². The molecule has 182 valence electrons. The summed E-state index contributed by atoms with van der Waals surface area (Å²) in [5.74, 6) is 0.218. The fourth-order valence-corrected chi connectivity index (χ4v) is 4.44. The summed E-state index contributed by atoms with van der Waals surface area (Å²) in [6.45, 7) is 2.91. The number of ether oxygens (including phenoxy) is 1. The zero-order chi connectivity index (χ0) is 25.2. The molecule has 0 saturated carbocycles. The molecule has 4 N–H and O–H groups in total. The number of carbonyl (C=O) groups is 2. The summed E-state index contributed by atoms with van der Waals surface area (Å²) in [7, 11) is 1.50. The summed E-state index contributed by atoms with van der Waals surface area (Å²) in [5.41, 5.74) is 11.9. The Morgan fingerprint density at radius 1 is 1.19 bits per heavy atom. The highest BCUT2D eigenvalue weighted by Gasteiger charge is 2.26. The van der Waals surface area contributed by atoms with Crippen molar-refractivity contribution in [1.82, 2.24) is 20.1 Å². The molecule has 0 bridgehead atoms. The molecule has 0 unspecified atom stereocenters. The first kappa shape index (κ1) is 23.1. The van der Waals surface area contributed by atoms with Crippen molar-refractivity contribution in [3.63, 3.8) is 0 Å². The zero-order valence-corrected chi connectivity index (χ0v) is 20.0. The lowest BCUT2D eigenvalue weighted by atomic mass is 10.0. The lowest BCUT2D eigenvalue weighted by Crippen LogP contribution is -2.23. The van der Waals surface area contributed by atoms with Gasteiger partial charge in [0, 0.05) is 30.5 Å². The molecular formula is C27H26N6O3. The molecule has 0 fully saturated rings. The topological polar surface area (TPSA) is 124 Å². The molecular weight excluding hydrogens is 456 g/mol. The molecule has 9 nitrogen and oxygen atoms in total. The number of fused-ring (bicyclic) bond motifs is 2. The van der Waals surface area contributed by atoms with Crippen molar-refractivity contribution >= 4 is 23.3 Å². The molecule has 1 aliphatic rings. The number of rotatable bonds is 6. The van der Waals surface area contributed by atoms with Crippen molar-refractivity contribution < 1.29 is 14.3 Å². The molecule has 5 rings (SSSR count). The molecule has 0 aliphatic carbocycles. The number of benzene rings is 2. The van der Waals surface area contributed by atoms with Crippen LogP contribution in [0.15, 0.2) is 60.9 Å². The number of nitrogens with zero attached hydrogens (tertiary/aromatic N) is 3. The van der Waals surface area contributed by atoms with Gasteiger partial charge in [0.15, 0.2) is 0 Å². The Hall–Kier alpha value is -4.66. The third kappa shape index (κ3) is 4.26. The smallest absolute Gasteiger partial charge is 0.255 e. The Balaban J connectivity index is 1.41. The lowest BCUT2D eigenvalue weighted by Gasteiger charge is -2.12. The molecule has 9 heteroatoms. The maximum Gasteiger partial charge on any atom is 0.255 e. The number of amides is 2. The fraction of sp³-hybridized carbons (Fsp3) is 0.185. The van der Waals surface area contributed by atoms with Crippen molar-refractivity contribution in [3.8, 4) is 17.0 Å². The second-order valence-corrected chi connectivity index (χ2v) is 8.59. The molecule has 36 heavy (non-hydrogen) atoms. The number of primary amides is 1. The van der Waals surface area contributed by atoms with Gasteiger partial charge in [-0.15, -0.1) is 0 Å². The molecule has 4 aromatic rings. The highest BCUT2D eigenvalue weighted by molar-refractivity contribution is 6.04. The zero-order valence-electron chi connectivity index (χ0n) is 20.0. The van der Waals surface area contributed by atoms with E-state index in [4.69, 9.17) is 15.6 Å². The number of hydrogen-bond acceptors (Lipinski definition) is 6. The first-order valence-corrected chi connectivity index (χ1v) is 11.6. The Morgan fingerprint density at radius 2 is 2.03 bits per heavy atom. The summed E-state index contributed by atoms with van der Waals surface area (Å²) >= 11 is 0. The second kappa shape index (κ2) is 9.53. The number of carbonyl (C=O) groups excluding carboxylic acids is 2. The maximum atomic E-state index is 12.7. The summed E-state index contributed by atoms with van der Waals surface area (Å²) < 4.78 is 7.03. The summed E-state index contributed by atoms with van der Waals surface area (Å²) in [5, 5.41) is 11.0. The van der Waals surface area contributed by atoms with E-state index in [9.17, 15) is 9.59 Å². The normalized spacial score (nSPS) is 12.1. The van der Waals surface area contributed by atoms with E-state index in [1.165, 1.54) is 13.3 Å². The molecule has 2 aromatic carbocycles. The van der Waals surface area contributed by atoms with Gasteiger partial charge in [0.25, 0.3) is 11.8 Å². The van der Waals surface area contributed by atoms with Crippen LogP contribution < -0.4 is 21.1 Å². The van der Waals surface area contributed by atoms with E-state index >= 15 is 0 Å². The SMILES string of the molecule is COc1cnccc1C(=O)NCc1ccc(-c2nn3c(c2C(N)=O)Nc2ccccc2CC3)cc1C. The van der Waals surface area contributed by atoms with Crippen LogP contribution >= 0.6 is 0 Å². The average molecular weight is 483 g/mol. The first-order chi connectivity index (χ1) is 17.5. The van der Waals surface area contributed by atoms with Crippen LogP contribution in [0.1, 0.15) is 37.4 Å². The van der Waals surface area contributed by atoms with Gasteiger partial charge in [-0.2, -0.15) is 5.10 Å². The highest BCUT2D eigenvalue weighted by Crippen LogP contribution is 2.34. The van der Waals surface area contributed by atoms with Crippen molar-refractivity contribution in [2.24, 2.45) is 5.73 Å². The molecule has 2 aromatic heterocycles. The van der Waals surface area contributed by atoms with Crippen LogP contribution in [-0.4, -0.2) is 33.7 Å². The van der Waals surface area contributed by atoms with Gasteiger partial charge in [0.1, 0.15) is 22.8 Å². The quantitative estimate of drug-likeness (QED) is 0.386. The predicted molar refractivity (Wildman–Crippen MR) is 136 cm³/mol. The number of aromatic nitrogens is 3. The van der Waals surface area contributed by atoms with Crippen molar-refractivity contribution in [2.75, 3.05) is 12.4 Å². The molecule has 0 saturated heterocycles. The average Bonchev–Trinajstić information content (AvgIpc) is 3.15. The predicted octanol–water partition coefficient (Wildman–Crippen LogP) is 3.59. The highest BCUT2D eigenvalue weighted by atomic mass is 16.5. The summed E-state index contributed by atoms with van der Waals surface area (Å²) in [6, 6.07) is 15.4. The summed E-state index contributed by atoms with van der Waals surface area (Å²) in [4.78, 5) is 29.2. The van der Waals surface area contributed by atoms with Crippen LogP contribution in [0.2, 0.25) is 0 Å². The number of aryl methyl sites for hydroxylation is 3. The Bertz CT molecular complexity index is 1480. The number of nitrogens with two attached hydrogens (primary N) is 1. The number of nitrogens with one attached hydrogen (secondary N) is 2. The van der Waals surface area contributed by atoms with Gasteiger partial charge in [-0.3, -0.25) is 14.6 Å². The Labute approximate surface area is 208 Å². The third-order valence-corrected chi connectivity index (χ3v) is 6.37. The molecule has 0 radical (unpaired) electrons. The van der Waals surface area contributed by atoms with E-state index in [2.05, 4.69) is 21.7 Å². The molecule has 2 amide bonds. The van der Waals surface area contributed by atoms with Gasteiger partial charge >= 0.3 is 0 Å². The van der Waals surface area contributed by atoms with Crippen molar-refractivity contribution in [2.45, 2.75) is 26.4 Å². The second-order valence-electron chi connectivity index (χ2n) is 8.59. The molecule has 0 spiro atoms. The van der Waals surface area contributed by atoms with Gasteiger partial charge < -0.3 is 21.1 Å². The standard InChI is InChI=1S/C27H26N6O3/c1-16-13-18(7-8-19(16)14-30-27(35)20-9-11-29-15-22(20)36-2)24-23(25(28)34)26-31-21-6-4-3-5-17(21)10-12-33(26)32-24/h3-9,11,13,15,31H,10,12,14H2,1-2H3,(H2,28,34)(H,30,35). The van der Waals surface area contributed by atoms with Gasteiger partial charge in [-0.25, -0.2) is 4.68 Å². The minimum absolute atomic E-state index is 0.252. The largest absolute Gasteiger partial charge is 0.494 e. The van der Waals surface area contributed by atoms with E-state index in [1.54, 1.807) is 16.9 Å². The van der Waals surface area contributed by atoms with Crippen molar-refractivity contribution in [1.29, 1.82) is 0 Å². The number of anilines is 2. The Morgan fingerprint density at radius 3 is 2.81 bits per heavy atom. The van der Waals surface area contributed by atoms with Gasteiger partial charge in [-0.1, -0.05) is 30.3 Å². The van der Waals surface area contributed by atoms with Gasteiger partial charge in [0.05, 0.1) is 18.9 Å². The number of pyridine rings is 1. The van der Waals surface area contributed by atoms with Crippen LogP contribution in [0.3, 0.4) is 0 Å². The summed E-state index contributed by atoms with van der Waals surface area (Å²) in [6.07, 6.45) is 3.84. The Kier molecular flexibility index (Phi) is 6.12. The van der Waals surface area contributed by atoms with Crippen LogP contribution in [0.4, 0.5) is 11.5 Å². The number of para-hydroxylation sites is 1. The molecule has 0 atom stereocenters. The van der Waals surface area contributed by atoms with Crippen LogP contribution in [0.25, 0.3) is 11.3 Å². The fourth-order valence-electron chi connectivity index (χ4n) is 4.44. The number of hydrogen-bond donors (Lipinski definition) is 3. The third-order valence-electron chi connectivity index (χ3n) is 6.37. The monoisotopic (exact) mass is 482 g/mol. The van der Waals surface area contributed by atoms with E-state index in [1.807, 2.05) is 43.3 Å².